The van der Waals surface area contributed by atoms with E-state index in [9.17, 15) is 24.9 Å². The minimum Gasteiger partial charge on any atom is -0.508 e. The van der Waals surface area contributed by atoms with E-state index in [-0.39, 0.29) is 54.6 Å². The highest BCUT2D eigenvalue weighted by Gasteiger charge is 2.45. The van der Waals surface area contributed by atoms with E-state index in [1.807, 2.05) is 57.3 Å². The SMILES string of the molecule is Cc1ncsc1-c1ccc([C@H](C)NC(=O)[C@@H]2C[C@@H](O)CN2C(=O)[C@@H](c2cc(N3CCC(CN4CCC(OC5CC(Oc6cc(N7C8CC[C@@H]7CN(c7cc(-c9ccccc9O)nnc7N)C8)ccn6)C5)CC4)CC3)no2)C(C)C)c(O)c1. The maximum absolute atomic E-state index is 14.4. The van der Waals surface area contributed by atoms with Gasteiger partial charge in [0, 0.05) is 119 Å². The molecule has 12 rings (SSSR count). The molecule has 6 aromatic rings. The first-order valence-corrected chi connectivity index (χ1v) is 30.3. The number of fused-ring (bicyclic) bond motifs is 2. The molecular weight excluding hydrogens is 1060 g/mol. The number of nitrogens with one attached hydrogen (secondary N) is 1. The lowest BCUT2D eigenvalue weighted by Gasteiger charge is -2.43. The van der Waals surface area contributed by atoms with Crippen molar-refractivity contribution in [3.63, 3.8) is 0 Å². The number of amides is 2. The molecule has 0 spiro atoms. The minimum atomic E-state index is -0.887. The van der Waals surface area contributed by atoms with E-state index < -0.39 is 30.0 Å². The van der Waals surface area contributed by atoms with Crippen LogP contribution in [0.3, 0.4) is 0 Å². The number of pyridine rings is 1. The van der Waals surface area contributed by atoms with Crippen molar-refractivity contribution in [2.75, 3.05) is 72.8 Å². The van der Waals surface area contributed by atoms with Gasteiger partial charge in [-0.1, -0.05) is 43.3 Å². The summed E-state index contributed by atoms with van der Waals surface area (Å²) in [7, 11) is 0. The number of anilines is 4. The molecule has 434 valence electrons. The van der Waals surface area contributed by atoms with E-state index in [0.29, 0.717) is 58.1 Å². The Hall–Kier alpha value is -7.07. The number of aromatic hydroxyl groups is 2. The average Bonchev–Trinajstić information content (AvgIpc) is 3.95. The molecule has 0 radical (unpaired) electrons. The highest BCUT2D eigenvalue weighted by molar-refractivity contribution is 7.13. The smallest absolute Gasteiger partial charge is 0.243 e. The number of thiazole rings is 1. The number of aromatic nitrogens is 5. The second-order valence-electron chi connectivity index (χ2n) is 23.9. The highest BCUT2D eigenvalue weighted by atomic mass is 32.1. The summed E-state index contributed by atoms with van der Waals surface area (Å²) in [5, 5.41) is 48.3. The third-order valence-corrected chi connectivity index (χ3v) is 19.0. The standard InChI is InChI=1S/C61H76N12O8S/c1-35(2)57(61(78)72-33-43(74)25-51(72)60(77)65-36(3)47-12-9-39(23-53(47)76)58-37(4)64-34-82-58)54-29-55(68-81-54)70-21-14-38(15-22-70)30-69-19-16-44(17-20-69)79-45-26-46(27-45)80-56-24-40(13-18-63-56)73-41-10-11-42(73)32-71(31-41)50-28-49(66-67-59(50)62)48-7-5-6-8-52(48)75/h5-9,12-13,18,23-24,28-29,34-36,38,41-46,51,57,74-76H,10-11,14-17,19-22,25-27,30-33H2,1-4H3,(H2,62,67)(H,65,77)/t36-,41+,42?,43+,45?,46?,51-,57+/m0/s1. The number of rotatable bonds is 17. The molecule has 2 aromatic carbocycles. The number of aliphatic hydroxyl groups excluding tert-OH is 1. The summed E-state index contributed by atoms with van der Waals surface area (Å²) < 4.78 is 19.0. The maximum Gasteiger partial charge on any atom is 0.243 e. The van der Waals surface area contributed by atoms with Crippen LogP contribution in [0.25, 0.3) is 21.7 Å². The molecule has 5 saturated heterocycles. The van der Waals surface area contributed by atoms with E-state index in [0.717, 1.165) is 125 Å². The topological polar surface area (TPSA) is 245 Å². The Kier molecular flexibility index (Phi) is 16.0. The van der Waals surface area contributed by atoms with Crippen LogP contribution < -0.4 is 30.5 Å². The third-order valence-electron chi connectivity index (χ3n) is 18.0. The number of piperidine rings is 2. The lowest BCUT2D eigenvalue weighted by molar-refractivity contribution is -0.141. The molecule has 5 aliphatic heterocycles. The minimum absolute atomic E-state index is 0.0341. The largest absolute Gasteiger partial charge is 0.508 e. The average molecular weight is 1140 g/mol. The highest BCUT2D eigenvalue weighted by Crippen LogP contribution is 2.42. The Labute approximate surface area is 482 Å². The number of phenolic OH excluding ortho intramolecular Hbond substituents is 2. The number of aryl methyl sites for hydroxylation is 1. The number of aliphatic hydroxyl groups is 1. The van der Waals surface area contributed by atoms with Crippen LogP contribution in [0.4, 0.5) is 23.0 Å². The van der Waals surface area contributed by atoms with Crippen LogP contribution >= 0.6 is 11.3 Å². The normalized spacial score (nSPS) is 24.2. The van der Waals surface area contributed by atoms with Crippen LogP contribution in [-0.2, 0) is 14.3 Å². The van der Waals surface area contributed by atoms with Crippen molar-refractivity contribution in [3.8, 4) is 39.1 Å². The predicted molar refractivity (Wildman–Crippen MR) is 313 cm³/mol. The molecule has 1 unspecified atom stereocenters. The quantitative estimate of drug-likeness (QED) is 0.0587. The Bertz CT molecular complexity index is 3210. The molecule has 6 aliphatic rings. The number of carbonyl (C=O) groups is 2. The number of piperazine rings is 1. The van der Waals surface area contributed by atoms with Crippen molar-refractivity contribution in [1.82, 2.24) is 40.4 Å². The van der Waals surface area contributed by atoms with Crippen LogP contribution in [0, 0.1) is 18.8 Å². The van der Waals surface area contributed by atoms with Crippen LogP contribution in [0.15, 0.2) is 83.0 Å². The zero-order valence-corrected chi connectivity index (χ0v) is 48.0. The van der Waals surface area contributed by atoms with Gasteiger partial charge < -0.3 is 64.9 Å². The number of phenols is 2. The molecule has 1 aliphatic carbocycles. The second kappa shape index (κ2) is 23.7. The van der Waals surface area contributed by atoms with Crippen molar-refractivity contribution in [3.05, 3.63) is 95.5 Å². The summed E-state index contributed by atoms with van der Waals surface area (Å²) in [6, 6.07) is 19.7. The summed E-state index contributed by atoms with van der Waals surface area (Å²) >= 11 is 1.50. The first-order chi connectivity index (χ1) is 39.7. The molecule has 2 amide bonds. The van der Waals surface area contributed by atoms with Gasteiger partial charge in [-0.2, -0.15) is 0 Å². The van der Waals surface area contributed by atoms with Gasteiger partial charge in [-0.25, -0.2) is 9.97 Å². The number of ether oxygens (including phenoxy) is 2. The molecule has 21 heteroatoms. The van der Waals surface area contributed by atoms with E-state index >= 15 is 0 Å². The molecule has 4 aromatic heterocycles. The van der Waals surface area contributed by atoms with Gasteiger partial charge in [0.2, 0.25) is 17.7 Å². The van der Waals surface area contributed by atoms with Crippen molar-refractivity contribution >= 4 is 46.2 Å². The summed E-state index contributed by atoms with van der Waals surface area (Å²) in [5.41, 5.74) is 13.6. The summed E-state index contributed by atoms with van der Waals surface area (Å²) in [4.78, 5) is 49.4. The number of para-hydroxylation sites is 1. The second-order valence-corrected chi connectivity index (χ2v) is 24.8. The van der Waals surface area contributed by atoms with Crippen LogP contribution in [0.2, 0.25) is 0 Å². The van der Waals surface area contributed by atoms with Crippen molar-refractivity contribution in [2.24, 2.45) is 11.8 Å². The molecule has 9 heterocycles. The van der Waals surface area contributed by atoms with E-state index in [4.69, 9.17) is 19.7 Å². The van der Waals surface area contributed by atoms with Gasteiger partial charge in [0.05, 0.1) is 51.8 Å². The summed E-state index contributed by atoms with van der Waals surface area (Å²) in [6.45, 7) is 14.0. The van der Waals surface area contributed by atoms with E-state index in [1.165, 1.54) is 16.2 Å². The van der Waals surface area contributed by atoms with Gasteiger partial charge in [0.25, 0.3) is 0 Å². The van der Waals surface area contributed by atoms with Crippen LogP contribution in [-0.4, -0.2) is 157 Å². The van der Waals surface area contributed by atoms with Crippen molar-refractivity contribution in [1.29, 1.82) is 0 Å². The van der Waals surface area contributed by atoms with Crippen molar-refractivity contribution < 1.29 is 38.9 Å². The van der Waals surface area contributed by atoms with Gasteiger partial charge in [-0.3, -0.25) is 9.59 Å². The molecule has 2 bridgehead atoms. The fourth-order valence-electron chi connectivity index (χ4n) is 13.5. The van der Waals surface area contributed by atoms with E-state index in [1.54, 1.807) is 36.7 Å². The monoisotopic (exact) mass is 1140 g/mol. The fourth-order valence-corrected chi connectivity index (χ4v) is 14.3. The number of β-amino-alcohol motifs (C(OH)–C–C–N with tert-alkyl or cyclic N) is 1. The summed E-state index contributed by atoms with van der Waals surface area (Å²) in [6.07, 6.45) is 9.62. The molecule has 6 atom stereocenters. The molecule has 20 nitrogen and oxygen atoms in total. The number of nitrogens with two attached hydrogens (primary N) is 1. The Morgan fingerprint density at radius 1 is 0.829 bits per heavy atom. The number of nitrogens with zero attached hydrogens (tertiary/aromatic N) is 10. The lowest BCUT2D eigenvalue weighted by atomic mass is 9.91. The Morgan fingerprint density at radius 3 is 2.32 bits per heavy atom. The van der Waals surface area contributed by atoms with Crippen LogP contribution in [0.1, 0.15) is 108 Å². The zero-order valence-electron chi connectivity index (χ0n) is 47.2. The van der Waals surface area contributed by atoms with Crippen LogP contribution in [0.5, 0.6) is 17.4 Å². The lowest BCUT2D eigenvalue weighted by Crippen LogP contribution is -2.54. The molecule has 6 N–H and O–H groups in total. The first-order valence-electron chi connectivity index (χ1n) is 29.4. The van der Waals surface area contributed by atoms with Gasteiger partial charge >= 0.3 is 0 Å². The number of likely N-dealkylation sites (tertiary alicyclic amines) is 2. The van der Waals surface area contributed by atoms with Gasteiger partial charge in [0.15, 0.2) is 17.4 Å². The summed E-state index contributed by atoms with van der Waals surface area (Å²) in [5.74, 6) is 1.46. The molecule has 1 saturated carbocycles. The van der Waals surface area contributed by atoms with Crippen molar-refractivity contribution in [2.45, 2.75) is 140 Å². The Morgan fingerprint density at radius 2 is 1.60 bits per heavy atom. The van der Waals surface area contributed by atoms with E-state index in [2.05, 4.69) is 62.4 Å². The number of carbonyl (C=O) groups excluding carboxylic acids is 2. The number of nitrogen functional groups attached to an aromatic ring is 1. The maximum atomic E-state index is 14.4. The zero-order chi connectivity index (χ0) is 56.8. The molecular formula is C61H76N12O8S. The molecule has 6 fully saturated rings. The fraction of sp³-hybridized carbons (Fsp3) is 0.525. The number of hydrogen-bond donors (Lipinski definition) is 5. The van der Waals surface area contributed by atoms with Gasteiger partial charge in [-0.05, 0) is 100 Å². The first kappa shape index (κ1) is 55.5. The third kappa shape index (κ3) is 11.7. The molecule has 82 heavy (non-hydrogen) atoms. The number of benzene rings is 2. The van der Waals surface area contributed by atoms with Gasteiger partial charge in [0.1, 0.15) is 29.6 Å². The number of hydrogen-bond acceptors (Lipinski definition) is 19. The predicted octanol–water partition coefficient (Wildman–Crippen LogP) is 7.70. The Balaban J connectivity index is 0.567. The van der Waals surface area contributed by atoms with Gasteiger partial charge in [-0.15, -0.1) is 21.5 Å².